The topological polar surface area (TPSA) is 66.4 Å². The third kappa shape index (κ3) is 3.35. The van der Waals surface area contributed by atoms with Crippen LogP contribution in [0.4, 0.5) is 5.69 Å². The zero-order valence-corrected chi connectivity index (χ0v) is 12.5. The van der Waals surface area contributed by atoms with Crippen LogP contribution in [-0.2, 0) is 0 Å². The maximum atomic E-state index is 12.2. The summed E-state index contributed by atoms with van der Waals surface area (Å²) in [6.07, 6.45) is 0. The molecule has 0 fully saturated rings. The number of carbonyl (C=O) groups is 2. The Morgan fingerprint density at radius 2 is 1.86 bits per heavy atom. The number of hydrogen-bond acceptors (Lipinski definition) is 2. The lowest BCUT2D eigenvalue weighted by Gasteiger charge is -2.10. The monoisotopic (exact) mass is 323 g/mol. The molecule has 0 aromatic heterocycles. The van der Waals surface area contributed by atoms with Gasteiger partial charge in [-0.1, -0.05) is 35.3 Å². The van der Waals surface area contributed by atoms with Gasteiger partial charge >= 0.3 is 5.97 Å². The van der Waals surface area contributed by atoms with E-state index in [2.05, 4.69) is 5.32 Å². The molecule has 0 radical (unpaired) electrons. The highest BCUT2D eigenvalue weighted by Crippen LogP contribution is 2.26. The van der Waals surface area contributed by atoms with Crippen LogP contribution in [0.5, 0.6) is 0 Å². The SMILES string of the molecule is Cc1cccc(C(=O)Nc2cc(C(=O)O)ccc2Cl)c1Cl. The van der Waals surface area contributed by atoms with E-state index in [0.29, 0.717) is 10.6 Å². The van der Waals surface area contributed by atoms with E-state index in [0.717, 1.165) is 5.56 Å². The first-order chi connectivity index (χ1) is 9.90. The number of benzene rings is 2. The predicted octanol–water partition coefficient (Wildman–Crippen LogP) is 4.25. The molecule has 0 bridgehead atoms. The summed E-state index contributed by atoms with van der Waals surface area (Å²) < 4.78 is 0. The second kappa shape index (κ2) is 6.16. The first kappa shape index (κ1) is 15.4. The van der Waals surface area contributed by atoms with E-state index >= 15 is 0 Å². The van der Waals surface area contributed by atoms with Crippen molar-refractivity contribution in [3.63, 3.8) is 0 Å². The van der Waals surface area contributed by atoms with E-state index in [4.69, 9.17) is 28.3 Å². The Balaban J connectivity index is 2.33. The number of carboxylic acid groups (broad SMARTS) is 1. The van der Waals surface area contributed by atoms with Crippen LogP contribution >= 0.6 is 23.2 Å². The number of carboxylic acids is 1. The Morgan fingerprint density at radius 3 is 2.52 bits per heavy atom. The van der Waals surface area contributed by atoms with Crippen LogP contribution in [0.2, 0.25) is 10.0 Å². The van der Waals surface area contributed by atoms with Gasteiger partial charge in [-0.3, -0.25) is 4.79 Å². The molecule has 2 aromatic rings. The highest BCUT2D eigenvalue weighted by Gasteiger charge is 2.14. The largest absolute Gasteiger partial charge is 0.478 e. The summed E-state index contributed by atoms with van der Waals surface area (Å²) in [5, 5.41) is 12.1. The number of rotatable bonds is 3. The minimum absolute atomic E-state index is 0.0324. The predicted molar refractivity (Wildman–Crippen MR) is 82.6 cm³/mol. The normalized spacial score (nSPS) is 10.2. The van der Waals surface area contributed by atoms with Crippen molar-refractivity contribution in [1.29, 1.82) is 0 Å². The van der Waals surface area contributed by atoms with Crippen molar-refractivity contribution in [3.8, 4) is 0 Å². The molecule has 0 atom stereocenters. The molecule has 0 saturated carbocycles. The van der Waals surface area contributed by atoms with E-state index in [-0.39, 0.29) is 16.3 Å². The third-order valence-corrected chi connectivity index (χ3v) is 3.73. The van der Waals surface area contributed by atoms with Gasteiger partial charge in [-0.05, 0) is 36.8 Å². The van der Waals surface area contributed by atoms with Crippen molar-refractivity contribution in [3.05, 3.63) is 63.1 Å². The van der Waals surface area contributed by atoms with Crippen molar-refractivity contribution in [2.75, 3.05) is 5.32 Å². The summed E-state index contributed by atoms with van der Waals surface area (Å²) in [5.74, 6) is -1.55. The standard InChI is InChI=1S/C15H11Cl2NO3/c1-8-3-2-4-10(13(8)17)14(19)18-12-7-9(15(20)21)5-6-11(12)16/h2-7H,1H3,(H,18,19)(H,20,21). The Bertz CT molecular complexity index is 729. The zero-order chi connectivity index (χ0) is 15.6. The highest BCUT2D eigenvalue weighted by atomic mass is 35.5. The van der Waals surface area contributed by atoms with Gasteiger partial charge in [-0.15, -0.1) is 0 Å². The van der Waals surface area contributed by atoms with Gasteiger partial charge in [0.2, 0.25) is 0 Å². The molecule has 0 aliphatic heterocycles. The quantitative estimate of drug-likeness (QED) is 0.887. The lowest BCUT2D eigenvalue weighted by molar-refractivity contribution is 0.0696. The van der Waals surface area contributed by atoms with Gasteiger partial charge in [0.1, 0.15) is 0 Å². The molecule has 2 aromatic carbocycles. The molecular formula is C15H11Cl2NO3. The number of halogens is 2. The van der Waals surface area contributed by atoms with Gasteiger partial charge in [-0.25, -0.2) is 4.79 Å². The third-order valence-electron chi connectivity index (χ3n) is 2.90. The Labute approximate surface area is 131 Å². The summed E-state index contributed by atoms with van der Waals surface area (Å²) >= 11 is 12.1. The second-order valence-corrected chi connectivity index (χ2v) is 5.18. The number of hydrogen-bond donors (Lipinski definition) is 2. The van der Waals surface area contributed by atoms with Crippen molar-refractivity contribution in [1.82, 2.24) is 0 Å². The number of nitrogens with one attached hydrogen (secondary N) is 1. The molecule has 0 heterocycles. The maximum Gasteiger partial charge on any atom is 0.335 e. The summed E-state index contributed by atoms with van der Waals surface area (Å²) in [4.78, 5) is 23.2. The number of carbonyl (C=O) groups excluding carboxylic acids is 1. The fraction of sp³-hybridized carbons (Fsp3) is 0.0667. The lowest BCUT2D eigenvalue weighted by atomic mass is 10.1. The van der Waals surface area contributed by atoms with Gasteiger partial charge in [0.25, 0.3) is 5.91 Å². The maximum absolute atomic E-state index is 12.2. The van der Waals surface area contributed by atoms with Crippen LogP contribution in [0.1, 0.15) is 26.3 Å². The van der Waals surface area contributed by atoms with Gasteiger partial charge in [-0.2, -0.15) is 0 Å². The molecular weight excluding hydrogens is 313 g/mol. The Morgan fingerprint density at radius 1 is 1.14 bits per heavy atom. The summed E-state index contributed by atoms with van der Waals surface area (Å²) in [5.41, 5.74) is 1.33. The van der Waals surface area contributed by atoms with E-state index in [1.165, 1.54) is 18.2 Å². The molecule has 1 amide bonds. The van der Waals surface area contributed by atoms with Gasteiger partial charge in [0.15, 0.2) is 0 Å². The highest BCUT2D eigenvalue weighted by molar-refractivity contribution is 6.36. The number of aromatic carboxylic acids is 1. The van der Waals surface area contributed by atoms with Crippen molar-refractivity contribution >= 4 is 40.8 Å². The van der Waals surface area contributed by atoms with Gasteiger partial charge in [0, 0.05) is 0 Å². The van der Waals surface area contributed by atoms with E-state index in [1.54, 1.807) is 25.1 Å². The van der Waals surface area contributed by atoms with Crippen LogP contribution in [0.3, 0.4) is 0 Å². The fourth-order valence-corrected chi connectivity index (χ4v) is 2.14. The van der Waals surface area contributed by atoms with E-state index in [9.17, 15) is 9.59 Å². The number of amides is 1. The second-order valence-electron chi connectivity index (χ2n) is 4.39. The first-order valence-electron chi connectivity index (χ1n) is 5.99. The van der Waals surface area contributed by atoms with Gasteiger partial charge in [0.05, 0.1) is 26.9 Å². The molecule has 0 spiro atoms. The van der Waals surface area contributed by atoms with Crippen LogP contribution in [0, 0.1) is 6.92 Å². The van der Waals surface area contributed by atoms with Crippen LogP contribution in [0.25, 0.3) is 0 Å². The number of anilines is 1. The smallest absolute Gasteiger partial charge is 0.335 e. The molecule has 0 saturated heterocycles. The van der Waals surface area contributed by atoms with Gasteiger partial charge < -0.3 is 10.4 Å². The minimum atomic E-state index is -1.10. The van der Waals surface area contributed by atoms with E-state index < -0.39 is 11.9 Å². The Hall–Kier alpha value is -2.04. The van der Waals surface area contributed by atoms with E-state index in [1.807, 2.05) is 0 Å². The Kier molecular flexibility index (Phi) is 4.50. The number of aryl methyl sites for hydroxylation is 1. The van der Waals surface area contributed by atoms with Crippen LogP contribution < -0.4 is 5.32 Å². The zero-order valence-electron chi connectivity index (χ0n) is 11.0. The summed E-state index contributed by atoms with van der Waals surface area (Å²) in [6.45, 7) is 1.79. The molecule has 21 heavy (non-hydrogen) atoms. The van der Waals surface area contributed by atoms with Crippen molar-refractivity contribution in [2.24, 2.45) is 0 Å². The van der Waals surface area contributed by atoms with Crippen LogP contribution in [-0.4, -0.2) is 17.0 Å². The minimum Gasteiger partial charge on any atom is -0.478 e. The molecule has 0 aliphatic carbocycles. The fourth-order valence-electron chi connectivity index (χ4n) is 1.77. The van der Waals surface area contributed by atoms with Crippen LogP contribution in [0.15, 0.2) is 36.4 Å². The molecule has 6 heteroatoms. The molecule has 0 unspecified atom stereocenters. The lowest BCUT2D eigenvalue weighted by Crippen LogP contribution is -2.13. The summed E-state index contributed by atoms with van der Waals surface area (Å²) in [6, 6.07) is 9.16. The van der Waals surface area contributed by atoms with Crippen molar-refractivity contribution in [2.45, 2.75) is 6.92 Å². The average molecular weight is 324 g/mol. The molecule has 108 valence electrons. The first-order valence-corrected chi connectivity index (χ1v) is 6.75. The summed E-state index contributed by atoms with van der Waals surface area (Å²) in [7, 11) is 0. The molecule has 2 N–H and O–H groups in total. The molecule has 4 nitrogen and oxygen atoms in total. The molecule has 0 aliphatic rings. The molecule has 2 rings (SSSR count). The van der Waals surface area contributed by atoms with Crippen molar-refractivity contribution < 1.29 is 14.7 Å². The average Bonchev–Trinajstić information content (AvgIpc) is 2.43.